The van der Waals surface area contributed by atoms with Gasteiger partial charge in [-0.1, -0.05) is 41.9 Å². The van der Waals surface area contributed by atoms with Gasteiger partial charge in [-0.25, -0.2) is 0 Å². The lowest BCUT2D eigenvalue weighted by Crippen LogP contribution is -2.04. The highest BCUT2D eigenvalue weighted by atomic mass is 35.5. The summed E-state index contributed by atoms with van der Waals surface area (Å²) in [5, 5.41) is 0.514. The molecule has 0 saturated heterocycles. The Balaban J connectivity index is 1.80. The van der Waals surface area contributed by atoms with Crippen molar-refractivity contribution in [3.05, 3.63) is 64.7 Å². The highest BCUT2D eigenvalue weighted by Crippen LogP contribution is 2.49. The molecule has 2 unspecified atom stereocenters. The zero-order valence-corrected chi connectivity index (χ0v) is 11.1. The lowest BCUT2D eigenvalue weighted by atomic mass is 10.0. The average molecular weight is 272 g/mol. The highest BCUT2D eigenvalue weighted by molar-refractivity contribution is 6.31. The summed E-state index contributed by atoms with van der Waals surface area (Å²) in [6, 6.07) is 15.2. The van der Waals surface area contributed by atoms with E-state index in [2.05, 4.69) is 12.1 Å². The average Bonchev–Trinajstić information content (AvgIpc) is 3.18. The number of ketones is 1. The molecular formula is C16H14ClNO. The van der Waals surface area contributed by atoms with E-state index in [1.165, 1.54) is 5.56 Å². The number of anilines is 1. The second-order valence-electron chi connectivity index (χ2n) is 5.00. The zero-order chi connectivity index (χ0) is 13.4. The third kappa shape index (κ3) is 2.49. The van der Waals surface area contributed by atoms with Crippen LogP contribution in [0.4, 0.5) is 5.69 Å². The number of benzene rings is 2. The van der Waals surface area contributed by atoms with Crippen molar-refractivity contribution in [3.8, 4) is 0 Å². The largest absolute Gasteiger partial charge is 0.399 e. The molecule has 3 heteroatoms. The predicted molar refractivity (Wildman–Crippen MR) is 77.5 cm³/mol. The molecule has 96 valence electrons. The molecule has 2 nitrogen and oxygen atoms in total. The van der Waals surface area contributed by atoms with Gasteiger partial charge in [0.15, 0.2) is 5.78 Å². The molecule has 0 aliphatic heterocycles. The monoisotopic (exact) mass is 271 g/mol. The number of nitrogen functional groups attached to an aromatic ring is 1. The van der Waals surface area contributed by atoms with Crippen LogP contribution in [0.2, 0.25) is 5.02 Å². The summed E-state index contributed by atoms with van der Waals surface area (Å²) in [7, 11) is 0. The van der Waals surface area contributed by atoms with E-state index in [-0.39, 0.29) is 11.7 Å². The molecule has 0 radical (unpaired) electrons. The van der Waals surface area contributed by atoms with Crippen molar-refractivity contribution in [3.63, 3.8) is 0 Å². The molecule has 2 atom stereocenters. The molecule has 2 N–H and O–H groups in total. The Morgan fingerprint density at radius 3 is 2.58 bits per heavy atom. The van der Waals surface area contributed by atoms with Gasteiger partial charge in [0.05, 0.1) is 0 Å². The minimum absolute atomic E-state index is 0.0697. The third-order valence-corrected chi connectivity index (χ3v) is 3.78. The van der Waals surface area contributed by atoms with Crippen LogP contribution in [0.1, 0.15) is 28.3 Å². The molecule has 2 aromatic carbocycles. The van der Waals surface area contributed by atoms with Crippen molar-refractivity contribution >= 4 is 23.1 Å². The maximum Gasteiger partial charge on any atom is 0.166 e. The Morgan fingerprint density at radius 1 is 1.16 bits per heavy atom. The van der Waals surface area contributed by atoms with Crippen LogP contribution in [0.3, 0.4) is 0 Å². The SMILES string of the molecule is Nc1cc(Cl)cc(C(=O)C2CC2c2ccccc2)c1. The first-order valence-electron chi connectivity index (χ1n) is 6.30. The summed E-state index contributed by atoms with van der Waals surface area (Å²) in [4.78, 5) is 12.4. The molecule has 0 bridgehead atoms. The fraction of sp³-hybridized carbons (Fsp3) is 0.188. The van der Waals surface area contributed by atoms with Gasteiger partial charge >= 0.3 is 0 Å². The van der Waals surface area contributed by atoms with E-state index in [4.69, 9.17) is 17.3 Å². The Bertz CT molecular complexity index is 604. The summed E-state index contributed by atoms with van der Waals surface area (Å²) in [5.41, 5.74) is 8.11. The van der Waals surface area contributed by atoms with Crippen molar-refractivity contribution < 1.29 is 4.79 Å². The van der Waals surface area contributed by atoms with E-state index in [1.807, 2.05) is 18.2 Å². The van der Waals surface area contributed by atoms with Gasteiger partial charge in [0, 0.05) is 22.2 Å². The van der Waals surface area contributed by atoms with E-state index in [9.17, 15) is 4.79 Å². The van der Waals surface area contributed by atoms with Crippen molar-refractivity contribution in [1.29, 1.82) is 0 Å². The maximum absolute atomic E-state index is 12.4. The number of carbonyl (C=O) groups is 1. The fourth-order valence-corrected chi connectivity index (χ4v) is 2.77. The topological polar surface area (TPSA) is 43.1 Å². The number of halogens is 1. The first-order chi connectivity index (χ1) is 9.15. The Labute approximate surface area is 117 Å². The number of hydrogen-bond acceptors (Lipinski definition) is 2. The van der Waals surface area contributed by atoms with Gasteiger partial charge in [0.25, 0.3) is 0 Å². The van der Waals surface area contributed by atoms with E-state index in [1.54, 1.807) is 18.2 Å². The fourth-order valence-electron chi connectivity index (χ4n) is 2.52. The van der Waals surface area contributed by atoms with Crippen LogP contribution in [-0.4, -0.2) is 5.78 Å². The quantitative estimate of drug-likeness (QED) is 0.679. The molecular weight excluding hydrogens is 258 g/mol. The third-order valence-electron chi connectivity index (χ3n) is 3.56. The summed E-state index contributed by atoms with van der Waals surface area (Å²) in [5.74, 6) is 0.553. The van der Waals surface area contributed by atoms with E-state index < -0.39 is 0 Å². The first-order valence-corrected chi connectivity index (χ1v) is 6.68. The van der Waals surface area contributed by atoms with Crippen LogP contribution in [-0.2, 0) is 0 Å². The number of rotatable bonds is 3. The molecule has 1 fully saturated rings. The van der Waals surface area contributed by atoms with Gasteiger partial charge in [0.1, 0.15) is 0 Å². The summed E-state index contributed by atoms with van der Waals surface area (Å²) in [6.45, 7) is 0. The van der Waals surface area contributed by atoms with E-state index >= 15 is 0 Å². The highest BCUT2D eigenvalue weighted by Gasteiger charge is 2.43. The lowest BCUT2D eigenvalue weighted by Gasteiger charge is -2.03. The molecule has 0 aromatic heterocycles. The van der Waals surface area contributed by atoms with Crippen molar-refractivity contribution in [2.75, 3.05) is 5.73 Å². The smallest absolute Gasteiger partial charge is 0.166 e. The second kappa shape index (κ2) is 4.71. The maximum atomic E-state index is 12.4. The molecule has 1 aliphatic rings. The van der Waals surface area contributed by atoms with E-state index in [0.717, 1.165) is 6.42 Å². The Hall–Kier alpha value is -1.80. The molecule has 1 saturated carbocycles. The Kier molecular flexibility index (Phi) is 3.03. The van der Waals surface area contributed by atoms with Crippen molar-refractivity contribution in [2.24, 2.45) is 5.92 Å². The van der Waals surface area contributed by atoms with Crippen LogP contribution >= 0.6 is 11.6 Å². The number of nitrogens with two attached hydrogens (primary N) is 1. The Morgan fingerprint density at radius 2 is 1.89 bits per heavy atom. The number of carbonyl (C=O) groups excluding carboxylic acids is 1. The normalized spacial score (nSPS) is 21.1. The molecule has 1 aliphatic carbocycles. The molecule has 0 amide bonds. The first kappa shape index (κ1) is 12.2. The molecule has 0 heterocycles. The van der Waals surface area contributed by atoms with Crippen molar-refractivity contribution in [2.45, 2.75) is 12.3 Å². The van der Waals surface area contributed by atoms with E-state index in [0.29, 0.717) is 22.2 Å². The summed E-state index contributed by atoms with van der Waals surface area (Å²) < 4.78 is 0. The van der Waals surface area contributed by atoms with Crippen LogP contribution < -0.4 is 5.73 Å². The standard InChI is InChI=1S/C16H14ClNO/c17-12-6-11(7-13(18)8-12)16(19)15-9-14(15)10-4-2-1-3-5-10/h1-8,14-15H,9,18H2. The summed E-state index contributed by atoms with van der Waals surface area (Å²) >= 11 is 5.94. The molecule has 3 rings (SSSR count). The number of hydrogen-bond donors (Lipinski definition) is 1. The minimum atomic E-state index is 0.0697. The predicted octanol–water partition coefficient (Wildman–Crippen LogP) is 3.91. The van der Waals surface area contributed by atoms with Gasteiger partial charge in [-0.15, -0.1) is 0 Å². The zero-order valence-electron chi connectivity index (χ0n) is 10.3. The lowest BCUT2D eigenvalue weighted by molar-refractivity contribution is 0.0965. The minimum Gasteiger partial charge on any atom is -0.399 e. The van der Waals surface area contributed by atoms with Gasteiger partial charge in [0.2, 0.25) is 0 Å². The van der Waals surface area contributed by atoms with Gasteiger partial charge in [-0.05, 0) is 36.1 Å². The van der Waals surface area contributed by atoms with Crippen LogP contribution in [0, 0.1) is 5.92 Å². The van der Waals surface area contributed by atoms with Crippen LogP contribution in [0.5, 0.6) is 0 Å². The molecule has 0 spiro atoms. The molecule has 19 heavy (non-hydrogen) atoms. The molecule has 2 aromatic rings. The summed E-state index contributed by atoms with van der Waals surface area (Å²) in [6.07, 6.45) is 0.912. The van der Waals surface area contributed by atoms with Gasteiger partial charge in [-0.2, -0.15) is 0 Å². The number of Topliss-reactive ketones (excluding diaryl/α,β-unsaturated/α-hetero) is 1. The van der Waals surface area contributed by atoms with Gasteiger partial charge in [-0.3, -0.25) is 4.79 Å². The van der Waals surface area contributed by atoms with Crippen LogP contribution in [0.25, 0.3) is 0 Å². The van der Waals surface area contributed by atoms with Gasteiger partial charge < -0.3 is 5.73 Å². The second-order valence-corrected chi connectivity index (χ2v) is 5.43. The van der Waals surface area contributed by atoms with Crippen LogP contribution in [0.15, 0.2) is 48.5 Å². The van der Waals surface area contributed by atoms with Crippen molar-refractivity contribution in [1.82, 2.24) is 0 Å².